The molecule has 3 rings (SSSR count). The number of hydrogen-bond donors (Lipinski definition) is 1. The van der Waals surface area contributed by atoms with E-state index in [1.165, 1.54) is 6.92 Å². The number of Topliss-reactive ketones (excluding diaryl/α,β-unsaturated/α-hetero) is 1. The highest BCUT2D eigenvalue weighted by Crippen LogP contribution is 2.19. The molecular weight excluding hydrogens is 390 g/mol. The van der Waals surface area contributed by atoms with Crippen LogP contribution >= 0.6 is 11.6 Å². The number of ether oxygens (including phenoxy) is 1. The summed E-state index contributed by atoms with van der Waals surface area (Å²) in [5.41, 5.74) is 1.55. The highest BCUT2D eigenvalue weighted by Gasteiger charge is 2.16. The molecule has 0 amide bonds. The number of aliphatic hydroxyl groups excluding tert-OH is 1. The third-order valence-electron chi connectivity index (χ3n) is 4.42. The molecule has 5 nitrogen and oxygen atoms in total. The first-order valence-corrected chi connectivity index (χ1v) is 9.79. The zero-order valence-electron chi connectivity index (χ0n) is 16.3. The number of ketones is 1. The van der Waals surface area contributed by atoms with Crippen LogP contribution in [-0.4, -0.2) is 35.0 Å². The molecule has 0 aliphatic carbocycles. The number of hydrogen-bond acceptors (Lipinski definition) is 5. The van der Waals surface area contributed by atoms with E-state index >= 15 is 0 Å². The Morgan fingerprint density at radius 2 is 1.97 bits per heavy atom. The molecule has 1 heterocycles. The zero-order chi connectivity index (χ0) is 20.6. The molecule has 1 N–H and O–H groups in total. The number of carbonyl (C=O) groups excluding carboxylic acids is 1. The van der Waals surface area contributed by atoms with Crippen molar-refractivity contribution in [1.82, 2.24) is 4.90 Å². The molecule has 0 radical (unpaired) electrons. The van der Waals surface area contributed by atoms with Crippen molar-refractivity contribution in [3.63, 3.8) is 0 Å². The van der Waals surface area contributed by atoms with Gasteiger partial charge in [-0.3, -0.25) is 9.69 Å². The Hall–Kier alpha value is -2.60. The minimum absolute atomic E-state index is 0.0736. The molecule has 0 aliphatic heterocycles. The summed E-state index contributed by atoms with van der Waals surface area (Å²) in [7, 11) is 0. The van der Waals surface area contributed by atoms with Crippen LogP contribution in [0.2, 0.25) is 5.02 Å². The molecule has 0 spiro atoms. The Balaban J connectivity index is 1.64. The Morgan fingerprint density at radius 3 is 2.69 bits per heavy atom. The second-order valence-electron chi connectivity index (χ2n) is 6.90. The van der Waals surface area contributed by atoms with Crippen LogP contribution in [-0.2, 0) is 13.1 Å². The maximum absolute atomic E-state index is 11.7. The third-order valence-corrected chi connectivity index (χ3v) is 4.66. The maximum Gasteiger partial charge on any atom is 0.163 e. The van der Waals surface area contributed by atoms with E-state index in [1.807, 2.05) is 36.4 Å². The molecular formula is C23H24ClNO4. The molecule has 1 atom stereocenters. The van der Waals surface area contributed by atoms with Gasteiger partial charge in [0.15, 0.2) is 5.78 Å². The lowest BCUT2D eigenvalue weighted by Crippen LogP contribution is -2.35. The summed E-state index contributed by atoms with van der Waals surface area (Å²) in [6, 6.07) is 18.4. The Kier molecular flexibility index (Phi) is 7.47. The first-order chi connectivity index (χ1) is 14.0. The molecule has 152 valence electrons. The van der Waals surface area contributed by atoms with Crippen molar-refractivity contribution in [2.45, 2.75) is 26.1 Å². The number of halogens is 1. The summed E-state index contributed by atoms with van der Waals surface area (Å²) >= 11 is 6.10. The first-order valence-electron chi connectivity index (χ1n) is 9.41. The quantitative estimate of drug-likeness (QED) is 0.493. The Morgan fingerprint density at radius 1 is 1.14 bits per heavy atom. The van der Waals surface area contributed by atoms with E-state index < -0.39 is 6.10 Å². The van der Waals surface area contributed by atoms with E-state index in [-0.39, 0.29) is 12.4 Å². The highest BCUT2D eigenvalue weighted by molar-refractivity contribution is 6.30. The van der Waals surface area contributed by atoms with Gasteiger partial charge in [0.2, 0.25) is 0 Å². The molecule has 0 saturated carbocycles. The lowest BCUT2D eigenvalue weighted by molar-refractivity contribution is 0.0599. The van der Waals surface area contributed by atoms with Crippen LogP contribution in [0, 0.1) is 0 Å². The van der Waals surface area contributed by atoms with Gasteiger partial charge in [0.1, 0.15) is 24.2 Å². The number of aliphatic hydroxyl groups is 1. The summed E-state index contributed by atoms with van der Waals surface area (Å²) in [6.07, 6.45) is 0.884. The number of furan rings is 1. The van der Waals surface area contributed by atoms with E-state index in [0.717, 1.165) is 11.3 Å². The van der Waals surface area contributed by atoms with Crippen molar-refractivity contribution in [2.75, 3.05) is 13.2 Å². The second-order valence-corrected chi connectivity index (χ2v) is 7.33. The molecule has 3 aromatic rings. The molecule has 0 aliphatic rings. The summed E-state index contributed by atoms with van der Waals surface area (Å²) < 4.78 is 11.2. The van der Waals surface area contributed by atoms with Gasteiger partial charge in [-0.15, -0.1) is 0 Å². The number of carbonyl (C=O) groups is 1. The average Bonchev–Trinajstić information content (AvgIpc) is 3.19. The van der Waals surface area contributed by atoms with Gasteiger partial charge in [0.25, 0.3) is 0 Å². The second kappa shape index (κ2) is 10.3. The van der Waals surface area contributed by atoms with Gasteiger partial charge in [-0.25, -0.2) is 0 Å². The largest absolute Gasteiger partial charge is 0.490 e. The summed E-state index contributed by atoms with van der Waals surface area (Å²) in [6.45, 7) is 3.08. The van der Waals surface area contributed by atoms with Gasteiger partial charge in [-0.05, 0) is 48.9 Å². The molecule has 29 heavy (non-hydrogen) atoms. The number of para-hydroxylation sites is 1. The standard InChI is InChI=1S/C23H24ClNO4/c1-17(26)22-9-2-3-10-23(22)29-16-20(27)14-25(15-21-8-5-11-28-21)13-18-6-4-7-19(24)12-18/h2-12,20,27H,13-16H2,1H3. The van der Waals surface area contributed by atoms with E-state index in [4.69, 9.17) is 20.8 Å². The first kappa shape index (κ1) is 21.1. The Bertz CT molecular complexity index is 926. The molecule has 6 heteroatoms. The topological polar surface area (TPSA) is 62.9 Å². The van der Waals surface area contributed by atoms with Crippen LogP contribution in [0.15, 0.2) is 71.3 Å². The lowest BCUT2D eigenvalue weighted by Gasteiger charge is -2.24. The zero-order valence-corrected chi connectivity index (χ0v) is 17.0. The lowest BCUT2D eigenvalue weighted by atomic mass is 10.1. The summed E-state index contributed by atoms with van der Waals surface area (Å²) in [4.78, 5) is 13.8. The van der Waals surface area contributed by atoms with Crippen molar-refractivity contribution in [3.05, 3.63) is 88.8 Å². The molecule has 1 aromatic heterocycles. The maximum atomic E-state index is 11.7. The highest BCUT2D eigenvalue weighted by atomic mass is 35.5. The fraction of sp³-hybridized carbons (Fsp3) is 0.261. The van der Waals surface area contributed by atoms with E-state index in [2.05, 4.69) is 4.90 Å². The predicted octanol–water partition coefficient (Wildman–Crippen LogP) is 4.58. The minimum atomic E-state index is -0.746. The van der Waals surface area contributed by atoms with Gasteiger partial charge in [0.05, 0.1) is 18.4 Å². The number of rotatable bonds is 10. The predicted molar refractivity (Wildman–Crippen MR) is 112 cm³/mol. The monoisotopic (exact) mass is 413 g/mol. The molecule has 0 saturated heterocycles. The number of benzene rings is 2. The van der Waals surface area contributed by atoms with Gasteiger partial charge >= 0.3 is 0 Å². The number of nitrogens with zero attached hydrogens (tertiary/aromatic N) is 1. The molecule has 1 unspecified atom stereocenters. The van der Waals surface area contributed by atoms with Crippen molar-refractivity contribution in [1.29, 1.82) is 0 Å². The van der Waals surface area contributed by atoms with Crippen LogP contribution in [0.3, 0.4) is 0 Å². The summed E-state index contributed by atoms with van der Waals surface area (Å²) in [5, 5.41) is 11.2. The van der Waals surface area contributed by atoms with Crippen LogP contribution in [0.25, 0.3) is 0 Å². The SMILES string of the molecule is CC(=O)c1ccccc1OCC(O)CN(Cc1cccc(Cl)c1)Cc1ccco1. The van der Waals surface area contributed by atoms with Crippen molar-refractivity contribution in [3.8, 4) is 5.75 Å². The minimum Gasteiger partial charge on any atom is -0.490 e. The van der Waals surface area contributed by atoms with Crippen LogP contribution in [0.4, 0.5) is 0 Å². The summed E-state index contributed by atoms with van der Waals surface area (Å²) in [5.74, 6) is 1.21. The molecule has 2 aromatic carbocycles. The van der Waals surface area contributed by atoms with Gasteiger partial charge < -0.3 is 14.3 Å². The van der Waals surface area contributed by atoms with E-state index in [0.29, 0.717) is 36.0 Å². The van der Waals surface area contributed by atoms with Gasteiger partial charge in [-0.2, -0.15) is 0 Å². The Labute approximate surface area is 175 Å². The fourth-order valence-corrected chi connectivity index (χ4v) is 3.33. The van der Waals surface area contributed by atoms with Gasteiger partial charge in [-0.1, -0.05) is 35.9 Å². The smallest absolute Gasteiger partial charge is 0.163 e. The van der Waals surface area contributed by atoms with Crippen molar-refractivity contribution < 1.29 is 19.1 Å². The molecule has 0 fully saturated rings. The van der Waals surface area contributed by atoms with Gasteiger partial charge in [0, 0.05) is 18.1 Å². The molecule has 0 bridgehead atoms. The van der Waals surface area contributed by atoms with Crippen LogP contribution in [0.1, 0.15) is 28.6 Å². The van der Waals surface area contributed by atoms with E-state index in [9.17, 15) is 9.90 Å². The van der Waals surface area contributed by atoms with Crippen molar-refractivity contribution in [2.24, 2.45) is 0 Å². The fourth-order valence-electron chi connectivity index (χ4n) is 3.12. The van der Waals surface area contributed by atoms with Crippen LogP contribution < -0.4 is 4.74 Å². The van der Waals surface area contributed by atoms with Crippen LogP contribution in [0.5, 0.6) is 5.75 Å². The van der Waals surface area contributed by atoms with Crippen molar-refractivity contribution >= 4 is 17.4 Å². The average molecular weight is 414 g/mol. The normalized spacial score (nSPS) is 12.1. The van der Waals surface area contributed by atoms with E-state index in [1.54, 1.807) is 30.5 Å². The third kappa shape index (κ3) is 6.46.